The largest absolute Gasteiger partial charge is 0.497 e. The van der Waals surface area contributed by atoms with Crippen molar-refractivity contribution in [2.75, 3.05) is 27.1 Å². The molecule has 50 heavy (non-hydrogen) atoms. The minimum atomic E-state index is -0.476. The molecule has 0 spiro atoms. The predicted molar refractivity (Wildman–Crippen MR) is 187 cm³/mol. The van der Waals surface area contributed by atoms with E-state index in [9.17, 15) is 14.0 Å². The third-order valence-electron chi connectivity index (χ3n) is 8.14. The zero-order chi connectivity index (χ0) is 35.0. The maximum absolute atomic E-state index is 14.1. The van der Waals surface area contributed by atoms with Crippen molar-refractivity contribution in [1.82, 2.24) is 25.1 Å². The second-order valence-corrected chi connectivity index (χ2v) is 12.2. The number of hydrogen-bond acceptors (Lipinski definition) is 9. The minimum Gasteiger partial charge on any atom is -0.497 e. The molecule has 1 aromatic heterocycles. The van der Waals surface area contributed by atoms with Crippen LogP contribution in [0.4, 0.5) is 4.39 Å². The van der Waals surface area contributed by atoms with Gasteiger partial charge in [-0.25, -0.2) is 9.40 Å². The van der Waals surface area contributed by atoms with Crippen LogP contribution < -0.4 is 19.5 Å². The summed E-state index contributed by atoms with van der Waals surface area (Å²) in [4.78, 5) is 26.8. The lowest BCUT2D eigenvalue weighted by Gasteiger charge is -2.24. The number of methoxy groups -OCH3 is 3. The van der Waals surface area contributed by atoms with E-state index in [2.05, 4.69) is 15.5 Å². The third-order valence-corrected chi connectivity index (χ3v) is 9.06. The molecule has 2 amide bonds. The highest BCUT2D eigenvalue weighted by Crippen LogP contribution is 2.42. The lowest BCUT2D eigenvalue weighted by Crippen LogP contribution is -2.29. The number of aromatic nitrogens is 3. The molecule has 0 radical (unpaired) electrons. The van der Waals surface area contributed by atoms with E-state index >= 15 is 0 Å². The van der Waals surface area contributed by atoms with Gasteiger partial charge in [0.15, 0.2) is 22.5 Å². The van der Waals surface area contributed by atoms with Gasteiger partial charge in [0.2, 0.25) is 5.91 Å². The van der Waals surface area contributed by atoms with Crippen molar-refractivity contribution in [1.29, 1.82) is 0 Å². The van der Waals surface area contributed by atoms with E-state index in [0.29, 0.717) is 40.3 Å². The molecule has 6 rings (SSSR count). The van der Waals surface area contributed by atoms with Crippen LogP contribution in [-0.2, 0) is 22.6 Å². The summed E-state index contributed by atoms with van der Waals surface area (Å²) < 4.78 is 32.2. The van der Waals surface area contributed by atoms with Gasteiger partial charge in [0.05, 0.1) is 51.8 Å². The summed E-state index contributed by atoms with van der Waals surface area (Å²) in [6, 6.07) is 27.8. The molecular formula is C37H35FN6O5S. The van der Waals surface area contributed by atoms with Crippen molar-refractivity contribution < 1.29 is 28.2 Å². The van der Waals surface area contributed by atoms with Gasteiger partial charge in [0.25, 0.3) is 5.91 Å². The predicted octanol–water partition coefficient (Wildman–Crippen LogP) is 5.76. The number of nitrogens with zero attached hydrogens (tertiary/aromatic N) is 5. The Morgan fingerprint density at radius 2 is 1.64 bits per heavy atom. The van der Waals surface area contributed by atoms with Gasteiger partial charge < -0.3 is 19.5 Å². The monoisotopic (exact) mass is 694 g/mol. The van der Waals surface area contributed by atoms with Gasteiger partial charge in [-0.1, -0.05) is 54.2 Å². The van der Waals surface area contributed by atoms with Crippen LogP contribution in [0.25, 0.3) is 5.69 Å². The summed E-state index contributed by atoms with van der Waals surface area (Å²) in [5.74, 6) is 1.29. The first-order valence-electron chi connectivity index (χ1n) is 15.8. The summed E-state index contributed by atoms with van der Waals surface area (Å²) in [6.07, 6.45) is 0.639. The van der Waals surface area contributed by atoms with Gasteiger partial charge in [-0.2, -0.15) is 5.10 Å². The van der Waals surface area contributed by atoms with E-state index in [1.807, 2.05) is 66.7 Å². The van der Waals surface area contributed by atoms with Gasteiger partial charge in [-0.15, -0.1) is 10.2 Å². The molecule has 256 valence electrons. The number of carbonyl (C=O) groups excluding carboxylic acids is 2. The molecule has 13 heteroatoms. The quantitative estimate of drug-likeness (QED) is 0.155. The Bertz CT molecular complexity index is 1990. The number of para-hydroxylation sites is 1. The molecule has 0 aliphatic carbocycles. The number of benzene rings is 4. The van der Waals surface area contributed by atoms with Crippen LogP contribution >= 0.6 is 11.8 Å². The minimum absolute atomic E-state index is 0.0398. The molecule has 0 bridgehead atoms. The number of halogens is 1. The summed E-state index contributed by atoms with van der Waals surface area (Å²) in [7, 11) is 4.73. The highest BCUT2D eigenvalue weighted by Gasteiger charge is 2.36. The van der Waals surface area contributed by atoms with E-state index in [0.717, 1.165) is 22.4 Å². The van der Waals surface area contributed by atoms with E-state index < -0.39 is 11.9 Å². The van der Waals surface area contributed by atoms with Crippen LogP contribution in [0.3, 0.4) is 0 Å². The fourth-order valence-electron chi connectivity index (χ4n) is 5.69. The van der Waals surface area contributed by atoms with Gasteiger partial charge in [0.1, 0.15) is 11.6 Å². The first kappa shape index (κ1) is 34.2. The number of nitrogens with one attached hydrogen (secondary N) is 1. The first-order valence-corrected chi connectivity index (χ1v) is 16.8. The van der Waals surface area contributed by atoms with Crippen LogP contribution in [-0.4, -0.2) is 64.4 Å². The third kappa shape index (κ3) is 7.62. The maximum atomic E-state index is 14.1. The number of rotatable bonds is 13. The smallest absolute Gasteiger partial charge is 0.253 e. The van der Waals surface area contributed by atoms with Crippen LogP contribution in [0.1, 0.15) is 35.0 Å². The Kier molecular flexibility index (Phi) is 10.7. The highest BCUT2D eigenvalue weighted by molar-refractivity contribution is 7.99. The molecule has 1 N–H and O–H groups in total. The molecule has 5 aromatic rings. The number of amides is 2. The van der Waals surface area contributed by atoms with Crippen molar-refractivity contribution in [3.8, 4) is 22.9 Å². The zero-order valence-corrected chi connectivity index (χ0v) is 28.5. The average molecular weight is 695 g/mol. The highest BCUT2D eigenvalue weighted by atomic mass is 32.2. The number of ether oxygens (including phenoxy) is 3. The summed E-state index contributed by atoms with van der Waals surface area (Å²) in [5, 5.41) is 18.3. The molecule has 0 fully saturated rings. The van der Waals surface area contributed by atoms with Gasteiger partial charge in [-0.3, -0.25) is 14.2 Å². The fraction of sp³-hybridized carbons (Fsp3) is 0.216. The van der Waals surface area contributed by atoms with Crippen molar-refractivity contribution in [2.45, 2.75) is 30.6 Å². The normalized spacial score (nSPS) is 13.9. The summed E-state index contributed by atoms with van der Waals surface area (Å²) in [6.45, 7) is 0.0733. The average Bonchev–Trinajstić information content (AvgIpc) is 3.78. The Morgan fingerprint density at radius 3 is 2.34 bits per heavy atom. The Hall–Kier alpha value is -5.69. The van der Waals surface area contributed by atoms with E-state index in [1.165, 1.54) is 28.9 Å². The lowest BCUT2D eigenvalue weighted by molar-refractivity contribution is -0.130. The molecule has 1 aliphatic rings. The molecule has 2 heterocycles. The molecule has 1 atom stereocenters. The molecule has 4 aromatic carbocycles. The molecule has 11 nitrogen and oxygen atoms in total. The summed E-state index contributed by atoms with van der Waals surface area (Å²) in [5.41, 5.74) is 3.79. The van der Waals surface area contributed by atoms with E-state index in [1.54, 1.807) is 44.1 Å². The Morgan fingerprint density at radius 1 is 0.880 bits per heavy atom. The summed E-state index contributed by atoms with van der Waals surface area (Å²) >= 11 is 1.17. The molecular weight excluding hydrogens is 660 g/mol. The Balaban J connectivity index is 1.26. The molecule has 0 saturated heterocycles. The second-order valence-electron chi connectivity index (χ2n) is 11.3. The van der Waals surface area contributed by atoms with Crippen LogP contribution in [0.5, 0.6) is 17.2 Å². The molecule has 1 aliphatic heterocycles. The van der Waals surface area contributed by atoms with Gasteiger partial charge in [0, 0.05) is 17.7 Å². The van der Waals surface area contributed by atoms with Crippen molar-refractivity contribution in [3.05, 3.63) is 125 Å². The number of thioether (sulfide) groups is 1. The van der Waals surface area contributed by atoms with Gasteiger partial charge >= 0.3 is 0 Å². The topological polar surface area (TPSA) is 120 Å². The number of hydrogen-bond donors (Lipinski definition) is 1. The first-order chi connectivity index (χ1) is 24.4. The van der Waals surface area contributed by atoms with Crippen LogP contribution in [0.2, 0.25) is 0 Å². The zero-order valence-electron chi connectivity index (χ0n) is 27.7. The van der Waals surface area contributed by atoms with E-state index in [-0.39, 0.29) is 30.5 Å². The van der Waals surface area contributed by atoms with Crippen LogP contribution in [0.15, 0.2) is 107 Å². The molecule has 0 saturated carbocycles. The molecule has 1 unspecified atom stereocenters. The number of carbonyl (C=O) groups is 2. The van der Waals surface area contributed by atoms with Crippen molar-refractivity contribution in [2.24, 2.45) is 5.10 Å². The van der Waals surface area contributed by atoms with Crippen molar-refractivity contribution >= 4 is 29.3 Å². The lowest BCUT2D eigenvalue weighted by atomic mass is 9.97. The van der Waals surface area contributed by atoms with Crippen LogP contribution in [0, 0.1) is 5.82 Å². The second kappa shape index (κ2) is 15.7. The SMILES string of the molecule is COc1ccc(C2=NN(C(=O)CSc3nnc(CNC(=O)Cc4ccccc4)n3-c3ccc(F)cc3)C(c3cccc(OC)c3OC)C2)cc1. The standard InChI is InChI=1S/C37H35FN6O5S/c1-47-28-18-12-25(13-19-28)30-21-31(29-10-7-11-32(48-2)36(29)49-3)44(42-30)35(46)23-50-37-41-40-33(43(37)27-16-14-26(38)15-17-27)22-39-34(45)20-24-8-5-4-6-9-24/h4-19,31H,20-23H2,1-3H3,(H,39,45). The fourth-order valence-corrected chi connectivity index (χ4v) is 6.51. The number of hydrazone groups is 1. The van der Waals surface area contributed by atoms with Crippen molar-refractivity contribution in [3.63, 3.8) is 0 Å². The maximum Gasteiger partial charge on any atom is 0.253 e. The van der Waals surface area contributed by atoms with Gasteiger partial charge in [-0.05, 0) is 65.7 Å². The van der Waals surface area contributed by atoms with E-state index in [4.69, 9.17) is 19.3 Å². The Labute approximate surface area is 293 Å².